The van der Waals surface area contributed by atoms with E-state index in [-0.39, 0.29) is 25.0 Å². The zero-order chi connectivity index (χ0) is 23.5. The van der Waals surface area contributed by atoms with Gasteiger partial charge >= 0.3 is 7.12 Å². The summed E-state index contributed by atoms with van der Waals surface area (Å²) < 4.78 is 12.6. The topological polar surface area (TPSA) is 100 Å². The quantitative estimate of drug-likeness (QED) is 0.399. The Morgan fingerprint density at radius 3 is 2.59 bits per heavy atom. The zero-order valence-electron chi connectivity index (χ0n) is 18.6. The second-order valence-corrected chi connectivity index (χ2v) is 9.46. The van der Waals surface area contributed by atoms with Gasteiger partial charge in [-0.15, -0.1) is 0 Å². The summed E-state index contributed by atoms with van der Waals surface area (Å²) in [4.78, 5) is 27.2. The largest absolute Gasteiger partial charge is 0.480 e. The molecule has 1 saturated heterocycles. The predicted octanol–water partition coefficient (Wildman–Crippen LogP) is 2.12. The number of carbonyl (C=O) groups is 2. The second kappa shape index (κ2) is 14.2. The summed E-state index contributed by atoms with van der Waals surface area (Å²) in [6, 6.07) is 4.97. The summed E-state index contributed by atoms with van der Waals surface area (Å²) in [5, 5.41) is 14.9. The fraction of sp³-hybridized carbons (Fsp3) is 0.619. The number of carbonyl (C=O) groups excluding carboxylic acids is 2. The first-order valence-electron chi connectivity index (χ1n) is 10.9. The van der Waals surface area contributed by atoms with Crippen LogP contribution in [0.4, 0.5) is 0 Å². The molecule has 0 radical (unpaired) electrons. The van der Waals surface area contributed by atoms with Crippen LogP contribution in [0.15, 0.2) is 22.7 Å². The number of rotatable bonds is 10. The number of hydrogen-bond donors (Lipinski definition) is 3. The lowest BCUT2D eigenvalue weighted by Gasteiger charge is -2.31. The van der Waals surface area contributed by atoms with E-state index in [1.54, 1.807) is 18.2 Å². The van der Waals surface area contributed by atoms with Crippen molar-refractivity contribution in [2.45, 2.75) is 32.6 Å². The van der Waals surface area contributed by atoms with Crippen LogP contribution in [0, 0.1) is 5.92 Å². The normalized spacial score (nSPS) is 16.4. The third-order valence-corrected chi connectivity index (χ3v) is 5.82. The van der Waals surface area contributed by atoms with E-state index in [0.717, 1.165) is 24.1 Å². The van der Waals surface area contributed by atoms with Gasteiger partial charge in [0.2, 0.25) is 5.91 Å². The third kappa shape index (κ3) is 9.37. The van der Waals surface area contributed by atoms with Crippen LogP contribution >= 0.6 is 27.5 Å². The Balaban J connectivity index is 1.90. The average molecular weight is 533 g/mol. The molecule has 8 nitrogen and oxygen atoms in total. The number of nitrogens with zero attached hydrogens (tertiary/aromatic N) is 1. The van der Waals surface area contributed by atoms with Crippen LogP contribution in [-0.4, -0.2) is 80.9 Å². The van der Waals surface area contributed by atoms with E-state index in [9.17, 15) is 9.59 Å². The molecule has 3 N–H and O–H groups in total. The van der Waals surface area contributed by atoms with Gasteiger partial charge in [-0.2, -0.15) is 0 Å². The summed E-state index contributed by atoms with van der Waals surface area (Å²) in [6.45, 7) is 7.33. The molecule has 1 aliphatic heterocycles. The minimum absolute atomic E-state index is 0.160. The SMILES string of the molecule is CC(C)C[C@H](NC(=O)CNC(=O)c1cc(Br)ccc1Cl)B1OCCN(CCCO)CCO1. The lowest BCUT2D eigenvalue weighted by atomic mass is 9.73. The standard InChI is InChI=1S/C21H32BBrClN3O5/c1-15(2)12-19(22-31-10-7-27(6-3-9-28)8-11-32-22)26-20(29)14-25-21(30)17-13-16(23)4-5-18(17)24/h4-5,13,15,19,28H,3,6-12,14H2,1-2H3,(H,25,30)(H,26,29)/t19-/m0/s1. The minimum Gasteiger partial charge on any atom is -0.408 e. The molecule has 0 bridgehead atoms. The third-order valence-electron chi connectivity index (χ3n) is 4.99. The summed E-state index contributed by atoms with van der Waals surface area (Å²) in [5.74, 6) is -0.769. The fourth-order valence-corrected chi connectivity index (χ4v) is 4.00. The molecule has 0 aromatic heterocycles. The Morgan fingerprint density at radius 1 is 1.28 bits per heavy atom. The van der Waals surface area contributed by atoms with Gasteiger partial charge in [-0.25, -0.2) is 0 Å². The van der Waals surface area contributed by atoms with Crippen molar-refractivity contribution < 1.29 is 24.0 Å². The molecule has 11 heteroatoms. The molecule has 1 fully saturated rings. The lowest BCUT2D eigenvalue weighted by molar-refractivity contribution is -0.120. The molecule has 1 aromatic rings. The Hall–Kier alpha value is -1.17. The number of halogens is 2. The molecule has 1 atom stereocenters. The van der Waals surface area contributed by atoms with Crippen LogP contribution in [0.25, 0.3) is 0 Å². The van der Waals surface area contributed by atoms with Gasteiger partial charge in [0.1, 0.15) is 0 Å². The van der Waals surface area contributed by atoms with Gasteiger partial charge in [0.15, 0.2) is 0 Å². The molecule has 0 saturated carbocycles. The van der Waals surface area contributed by atoms with Crippen molar-refractivity contribution in [1.82, 2.24) is 15.5 Å². The van der Waals surface area contributed by atoms with Crippen LogP contribution in [0.3, 0.4) is 0 Å². The van der Waals surface area contributed by atoms with E-state index in [1.807, 2.05) is 0 Å². The monoisotopic (exact) mass is 531 g/mol. The van der Waals surface area contributed by atoms with Crippen molar-refractivity contribution in [1.29, 1.82) is 0 Å². The predicted molar refractivity (Wildman–Crippen MR) is 129 cm³/mol. The van der Waals surface area contributed by atoms with Crippen LogP contribution < -0.4 is 10.6 Å². The van der Waals surface area contributed by atoms with Crippen LogP contribution in [0.2, 0.25) is 5.02 Å². The van der Waals surface area contributed by atoms with Crippen molar-refractivity contribution in [3.8, 4) is 0 Å². The summed E-state index contributed by atoms with van der Waals surface area (Å²) in [5.41, 5.74) is 0.296. The molecule has 1 aliphatic rings. The Labute approximate surface area is 203 Å². The van der Waals surface area contributed by atoms with Gasteiger partial charge in [0, 0.05) is 43.9 Å². The zero-order valence-corrected chi connectivity index (χ0v) is 21.0. The maximum atomic E-state index is 12.6. The Kier molecular flexibility index (Phi) is 12.0. The van der Waals surface area contributed by atoms with E-state index < -0.39 is 13.0 Å². The average Bonchev–Trinajstić information content (AvgIpc) is 2.72. The van der Waals surface area contributed by atoms with Gasteiger partial charge in [-0.05, 0) is 37.0 Å². The van der Waals surface area contributed by atoms with Crippen LogP contribution in [0.1, 0.15) is 37.0 Å². The van der Waals surface area contributed by atoms with Gasteiger partial charge in [-0.3, -0.25) is 14.5 Å². The van der Waals surface area contributed by atoms with E-state index >= 15 is 0 Å². The lowest BCUT2D eigenvalue weighted by Crippen LogP contribution is -2.54. The van der Waals surface area contributed by atoms with Crippen molar-refractivity contribution in [3.63, 3.8) is 0 Å². The Morgan fingerprint density at radius 2 is 1.97 bits per heavy atom. The maximum absolute atomic E-state index is 12.6. The van der Waals surface area contributed by atoms with E-state index in [0.29, 0.717) is 42.6 Å². The Bertz CT molecular complexity index is 748. The number of nitrogens with one attached hydrogen (secondary N) is 2. The molecule has 178 valence electrons. The van der Waals surface area contributed by atoms with Crippen molar-refractivity contribution >= 4 is 46.5 Å². The van der Waals surface area contributed by atoms with Crippen molar-refractivity contribution in [3.05, 3.63) is 33.3 Å². The van der Waals surface area contributed by atoms with E-state index in [1.165, 1.54) is 0 Å². The molecule has 32 heavy (non-hydrogen) atoms. The maximum Gasteiger partial charge on any atom is 0.480 e. The summed E-state index contributed by atoms with van der Waals surface area (Å²) >= 11 is 9.40. The number of amides is 2. The highest BCUT2D eigenvalue weighted by Crippen LogP contribution is 2.20. The molecular formula is C21H32BBrClN3O5. The second-order valence-electron chi connectivity index (χ2n) is 8.14. The molecule has 1 heterocycles. The van der Waals surface area contributed by atoms with Gasteiger partial charge < -0.3 is 25.0 Å². The first-order chi connectivity index (χ1) is 15.3. The van der Waals surface area contributed by atoms with Gasteiger partial charge in [0.25, 0.3) is 5.91 Å². The number of hydrogen-bond acceptors (Lipinski definition) is 6. The number of benzene rings is 1. The molecule has 1 aromatic carbocycles. The first-order valence-corrected chi connectivity index (χ1v) is 12.1. The fourth-order valence-electron chi connectivity index (χ4n) is 3.44. The van der Waals surface area contributed by atoms with E-state index in [2.05, 4.69) is 45.3 Å². The molecule has 2 amide bonds. The number of aliphatic hydroxyl groups is 1. The summed E-state index contributed by atoms with van der Waals surface area (Å²) in [6.07, 6.45) is 1.39. The highest BCUT2D eigenvalue weighted by Gasteiger charge is 2.33. The smallest absolute Gasteiger partial charge is 0.408 e. The molecular weight excluding hydrogens is 500 g/mol. The molecule has 2 rings (SSSR count). The van der Waals surface area contributed by atoms with Crippen molar-refractivity contribution in [2.24, 2.45) is 5.92 Å². The van der Waals surface area contributed by atoms with Crippen LogP contribution in [-0.2, 0) is 14.1 Å². The van der Waals surface area contributed by atoms with Crippen LogP contribution in [0.5, 0.6) is 0 Å². The number of aliphatic hydroxyl groups excluding tert-OH is 1. The minimum atomic E-state index is -0.559. The molecule has 0 spiro atoms. The molecule has 0 aliphatic carbocycles. The van der Waals surface area contributed by atoms with Gasteiger partial charge in [-0.1, -0.05) is 41.4 Å². The first kappa shape index (κ1) is 27.1. The van der Waals surface area contributed by atoms with E-state index in [4.69, 9.17) is 26.0 Å². The van der Waals surface area contributed by atoms with Gasteiger partial charge in [0.05, 0.1) is 23.1 Å². The molecule has 0 unspecified atom stereocenters. The van der Waals surface area contributed by atoms with Crippen molar-refractivity contribution in [2.75, 3.05) is 46.0 Å². The summed E-state index contributed by atoms with van der Waals surface area (Å²) in [7, 11) is -0.559. The highest BCUT2D eigenvalue weighted by molar-refractivity contribution is 9.10. The highest BCUT2D eigenvalue weighted by atomic mass is 79.9.